The number of carbonyl (C=O) groups is 1. The molecular formula is C21H28N4OS. The fraction of sp³-hybridized carbons (Fsp3) is 0.476. The topological polar surface area (TPSA) is 49.3 Å². The molecule has 2 heterocycles. The molecule has 5 nitrogen and oxygen atoms in total. The number of thioether (sulfide) groups is 1. The predicted octanol–water partition coefficient (Wildman–Crippen LogP) is 3.74. The van der Waals surface area contributed by atoms with E-state index in [0.717, 1.165) is 48.4 Å². The molecule has 1 fully saturated rings. The largest absolute Gasteiger partial charge is 0.353 e. The second kappa shape index (κ2) is 8.74. The molecule has 1 aliphatic rings. The Labute approximate surface area is 166 Å². The van der Waals surface area contributed by atoms with Crippen LogP contribution in [0.3, 0.4) is 0 Å². The predicted molar refractivity (Wildman–Crippen MR) is 111 cm³/mol. The highest BCUT2D eigenvalue weighted by molar-refractivity contribution is 8.00. The van der Waals surface area contributed by atoms with E-state index in [9.17, 15) is 4.79 Å². The highest BCUT2D eigenvalue weighted by Crippen LogP contribution is 2.25. The van der Waals surface area contributed by atoms with Gasteiger partial charge in [-0.15, -0.1) is 11.8 Å². The Hall–Kier alpha value is -2.08. The smallest absolute Gasteiger partial charge is 0.235 e. The summed E-state index contributed by atoms with van der Waals surface area (Å²) in [6, 6.07) is 12.2. The van der Waals surface area contributed by atoms with Gasteiger partial charge in [-0.25, -0.2) is 9.97 Å². The van der Waals surface area contributed by atoms with E-state index in [4.69, 9.17) is 4.98 Å². The van der Waals surface area contributed by atoms with Gasteiger partial charge in [0.05, 0.1) is 5.25 Å². The number of nitrogens with zero attached hydrogens (tertiary/aromatic N) is 4. The molecule has 144 valence electrons. The number of amides is 1. The molecule has 1 aliphatic heterocycles. The number of aromatic nitrogens is 2. The van der Waals surface area contributed by atoms with Crippen LogP contribution in [0.25, 0.3) is 0 Å². The molecule has 1 aromatic heterocycles. The van der Waals surface area contributed by atoms with Gasteiger partial charge in [0.2, 0.25) is 5.91 Å². The summed E-state index contributed by atoms with van der Waals surface area (Å²) >= 11 is 1.62. The molecule has 2 aromatic rings. The van der Waals surface area contributed by atoms with Crippen LogP contribution in [-0.4, -0.2) is 52.2 Å². The zero-order chi connectivity index (χ0) is 19.4. The molecule has 0 saturated carbocycles. The zero-order valence-electron chi connectivity index (χ0n) is 16.6. The molecule has 0 aliphatic carbocycles. The van der Waals surface area contributed by atoms with E-state index >= 15 is 0 Å². The van der Waals surface area contributed by atoms with Gasteiger partial charge < -0.3 is 9.80 Å². The lowest BCUT2D eigenvalue weighted by Gasteiger charge is -2.36. The van der Waals surface area contributed by atoms with Crippen LogP contribution in [0.15, 0.2) is 41.3 Å². The van der Waals surface area contributed by atoms with Crippen LogP contribution >= 0.6 is 11.8 Å². The standard InChI is InChI=1S/C21H28N4OS/c1-15(2)20-22-16(3)14-19(23-20)24-10-12-25(13-11-24)21(26)17(4)27-18-8-6-5-7-9-18/h5-9,14-15,17H,10-13H2,1-4H3. The van der Waals surface area contributed by atoms with E-state index in [1.165, 1.54) is 0 Å². The molecule has 6 heteroatoms. The third-order valence-electron chi connectivity index (χ3n) is 4.69. The second-order valence-corrected chi connectivity index (χ2v) is 8.68. The Morgan fingerprint density at radius 3 is 2.33 bits per heavy atom. The number of anilines is 1. The van der Waals surface area contributed by atoms with Gasteiger partial charge in [0.1, 0.15) is 11.6 Å². The quantitative estimate of drug-likeness (QED) is 0.735. The summed E-state index contributed by atoms with van der Waals surface area (Å²) < 4.78 is 0. The van der Waals surface area contributed by atoms with Crippen molar-refractivity contribution in [1.29, 1.82) is 0 Å². The summed E-state index contributed by atoms with van der Waals surface area (Å²) in [7, 11) is 0. The molecule has 1 atom stereocenters. The van der Waals surface area contributed by atoms with Gasteiger partial charge in [0, 0.05) is 48.8 Å². The van der Waals surface area contributed by atoms with Crippen molar-refractivity contribution < 1.29 is 4.79 Å². The van der Waals surface area contributed by atoms with E-state index in [0.29, 0.717) is 5.92 Å². The summed E-state index contributed by atoms with van der Waals surface area (Å²) in [4.78, 5) is 27.4. The average Bonchev–Trinajstić information content (AvgIpc) is 2.67. The maximum Gasteiger partial charge on any atom is 0.235 e. The minimum atomic E-state index is -0.0761. The minimum Gasteiger partial charge on any atom is -0.353 e. The number of aryl methyl sites for hydroxylation is 1. The molecule has 1 aromatic carbocycles. The Balaban J connectivity index is 1.59. The first-order chi connectivity index (χ1) is 12.9. The van der Waals surface area contributed by atoms with Crippen LogP contribution in [0.4, 0.5) is 5.82 Å². The number of piperazine rings is 1. The van der Waals surface area contributed by atoms with Gasteiger partial charge in [-0.05, 0) is 26.0 Å². The Kier molecular flexibility index (Phi) is 6.37. The van der Waals surface area contributed by atoms with Gasteiger partial charge in [-0.1, -0.05) is 32.0 Å². The minimum absolute atomic E-state index is 0.0761. The van der Waals surface area contributed by atoms with Crippen molar-refractivity contribution in [3.05, 3.63) is 47.9 Å². The number of hydrogen-bond donors (Lipinski definition) is 0. The third-order valence-corrected chi connectivity index (χ3v) is 5.79. The number of hydrogen-bond acceptors (Lipinski definition) is 5. The average molecular weight is 385 g/mol. The van der Waals surface area contributed by atoms with Crippen LogP contribution in [0.1, 0.15) is 38.2 Å². The van der Waals surface area contributed by atoms with E-state index in [2.05, 4.69) is 35.9 Å². The molecule has 1 unspecified atom stereocenters. The molecule has 27 heavy (non-hydrogen) atoms. The summed E-state index contributed by atoms with van der Waals surface area (Å²) in [6.45, 7) is 11.3. The van der Waals surface area contributed by atoms with E-state index in [1.54, 1.807) is 11.8 Å². The summed E-state index contributed by atoms with van der Waals surface area (Å²) in [5, 5.41) is -0.0761. The van der Waals surface area contributed by atoms with Crippen molar-refractivity contribution in [2.45, 2.75) is 43.8 Å². The number of rotatable bonds is 5. The first-order valence-corrected chi connectivity index (χ1v) is 10.4. The van der Waals surface area contributed by atoms with Crippen LogP contribution in [0.2, 0.25) is 0 Å². The SMILES string of the molecule is Cc1cc(N2CCN(C(=O)C(C)Sc3ccccc3)CC2)nc(C(C)C)n1. The molecule has 0 bridgehead atoms. The van der Waals surface area contributed by atoms with Crippen LogP contribution in [0, 0.1) is 6.92 Å². The van der Waals surface area contributed by atoms with Crippen molar-refractivity contribution in [2.24, 2.45) is 0 Å². The van der Waals surface area contributed by atoms with Gasteiger partial charge in [-0.2, -0.15) is 0 Å². The second-order valence-electron chi connectivity index (χ2n) is 7.27. The van der Waals surface area contributed by atoms with Gasteiger partial charge in [0.25, 0.3) is 0 Å². The van der Waals surface area contributed by atoms with Gasteiger partial charge in [-0.3, -0.25) is 4.79 Å². The monoisotopic (exact) mass is 384 g/mol. The van der Waals surface area contributed by atoms with Crippen molar-refractivity contribution in [1.82, 2.24) is 14.9 Å². The Morgan fingerprint density at radius 2 is 1.70 bits per heavy atom. The van der Waals surface area contributed by atoms with Crippen molar-refractivity contribution in [3.63, 3.8) is 0 Å². The van der Waals surface area contributed by atoms with Crippen LogP contribution < -0.4 is 4.90 Å². The maximum absolute atomic E-state index is 12.8. The van der Waals surface area contributed by atoms with Crippen LogP contribution in [-0.2, 0) is 4.79 Å². The Bertz CT molecular complexity index is 773. The molecule has 1 saturated heterocycles. The fourth-order valence-electron chi connectivity index (χ4n) is 3.16. The molecule has 0 radical (unpaired) electrons. The van der Waals surface area contributed by atoms with Gasteiger partial charge in [0.15, 0.2) is 0 Å². The van der Waals surface area contributed by atoms with E-state index < -0.39 is 0 Å². The molecule has 0 spiro atoms. The first-order valence-electron chi connectivity index (χ1n) is 9.55. The first kappa shape index (κ1) is 19.7. The highest BCUT2D eigenvalue weighted by Gasteiger charge is 2.26. The molecule has 0 N–H and O–H groups in total. The maximum atomic E-state index is 12.8. The van der Waals surface area contributed by atoms with Crippen molar-refractivity contribution in [3.8, 4) is 0 Å². The summed E-state index contributed by atoms with van der Waals surface area (Å²) in [6.07, 6.45) is 0. The number of carbonyl (C=O) groups excluding carboxylic acids is 1. The molecule has 3 rings (SSSR count). The lowest BCUT2D eigenvalue weighted by molar-refractivity contribution is -0.130. The van der Waals surface area contributed by atoms with Gasteiger partial charge >= 0.3 is 0 Å². The summed E-state index contributed by atoms with van der Waals surface area (Å²) in [5.41, 5.74) is 0.995. The summed E-state index contributed by atoms with van der Waals surface area (Å²) in [5.74, 6) is 2.38. The van der Waals surface area contributed by atoms with Crippen LogP contribution in [0.5, 0.6) is 0 Å². The third kappa shape index (κ3) is 5.01. The highest BCUT2D eigenvalue weighted by atomic mass is 32.2. The van der Waals surface area contributed by atoms with Crippen molar-refractivity contribution >= 4 is 23.5 Å². The molecule has 1 amide bonds. The van der Waals surface area contributed by atoms with E-state index in [1.807, 2.05) is 43.0 Å². The Morgan fingerprint density at radius 1 is 1.04 bits per heavy atom. The zero-order valence-corrected chi connectivity index (χ0v) is 17.4. The molecular weight excluding hydrogens is 356 g/mol. The van der Waals surface area contributed by atoms with E-state index in [-0.39, 0.29) is 11.2 Å². The lowest BCUT2D eigenvalue weighted by Crippen LogP contribution is -2.51. The van der Waals surface area contributed by atoms with Crippen molar-refractivity contribution in [2.75, 3.05) is 31.1 Å². The lowest BCUT2D eigenvalue weighted by atomic mass is 10.2. The normalized spacial score (nSPS) is 15.9. The fourth-order valence-corrected chi connectivity index (χ4v) is 4.13. The number of benzene rings is 1.